The molecule has 2 fully saturated rings. The van der Waals surface area contributed by atoms with Crippen LogP contribution < -0.4 is 0 Å². The summed E-state index contributed by atoms with van der Waals surface area (Å²) in [6, 6.07) is 7.90. The summed E-state index contributed by atoms with van der Waals surface area (Å²) in [6.07, 6.45) is -2.98. The Labute approximate surface area is 157 Å². The number of ether oxygens (including phenoxy) is 3. The van der Waals surface area contributed by atoms with Crippen molar-refractivity contribution in [3.8, 4) is 0 Å². The van der Waals surface area contributed by atoms with Crippen molar-refractivity contribution in [3.05, 3.63) is 35.9 Å². The molecule has 3 rings (SSSR count). The first-order valence-electron chi connectivity index (χ1n) is 8.89. The van der Waals surface area contributed by atoms with Crippen molar-refractivity contribution in [1.29, 1.82) is 0 Å². The summed E-state index contributed by atoms with van der Waals surface area (Å²) in [5.74, 6) is -1.62. The zero-order valence-corrected chi connectivity index (χ0v) is 15.2. The molecule has 1 aromatic rings. The molecule has 8 nitrogen and oxygen atoms in total. The number of piperidine rings is 1. The highest BCUT2D eigenvalue weighted by atomic mass is 16.6. The van der Waals surface area contributed by atoms with Crippen LogP contribution in [0, 0.1) is 0 Å². The minimum Gasteiger partial charge on any atom is -0.461 e. The predicted molar refractivity (Wildman–Crippen MR) is 92.7 cm³/mol. The first kappa shape index (κ1) is 19.3. The van der Waals surface area contributed by atoms with Crippen LogP contribution in [0.4, 0.5) is 0 Å². The number of carbonyl (C=O) groups is 3. The van der Waals surface area contributed by atoms with Gasteiger partial charge in [0.2, 0.25) is 0 Å². The summed E-state index contributed by atoms with van der Waals surface area (Å²) >= 11 is 0. The van der Waals surface area contributed by atoms with Gasteiger partial charge in [0, 0.05) is 26.9 Å². The molecule has 2 aliphatic heterocycles. The maximum Gasteiger partial charge on any atom is 0.338 e. The molecule has 0 radical (unpaired) electrons. The van der Waals surface area contributed by atoms with Gasteiger partial charge in [-0.05, 0) is 18.6 Å². The van der Waals surface area contributed by atoms with Crippen molar-refractivity contribution < 1.29 is 33.7 Å². The highest BCUT2D eigenvalue weighted by Gasteiger charge is 2.54. The highest BCUT2D eigenvalue weighted by molar-refractivity contribution is 5.89. The number of fused-ring (bicyclic) bond motifs is 1. The summed E-state index contributed by atoms with van der Waals surface area (Å²) in [6.45, 7) is 3.37. The van der Waals surface area contributed by atoms with E-state index in [1.54, 1.807) is 30.3 Å². The maximum atomic E-state index is 12.5. The number of aliphatic hydroxyl groups excluding tert-OH is 1. The van der Waals surface area contributed by atoms with Crippen molar-refractivity contribution in [2.45, 2.75) is 50.7 Å². The molecule has 0 amide bonds. The summed E-state index contributed by atoms with van der Waals surface area (Å²) < 4.78 is 16.3. The van der Waals surface area contributed by atoms with Crippen LogP contribution in [0.25, 0.3) is 0 Å². The van der Waals surface area contributed by atoms with Gasteiger partial charge in [-0.2, -0.15) is 0 Å². The van der Waals surface area contributed by atoms with Crippen LogP contribution >= 0.6 is 0 Å². The minimum atomic E-state index is -1.06. The first-order chi connectivity index (χ1) is 12.9. The van der Waals surface area contributed by atoms with Gasteiger partial charge in [0.15, 0.2) is 12.2 Å². The lowest BCUT2D eigenvalue weighted by molar-refractivity contribution is -0.185. The average Bonchev–Trinajstić information content (AvgIpc) is 2.99. The fourth-order valence-electron chi connectivity index (χ4n) is 3.82. The van der Waals surface area contributed by atoms with Crippen molar-refractivity contribution in [2.24, 2.45) is 0 Å². The Balaban J connectivity index is 1.85. The van der Waals surface area contributed by atoms with Crippen molar-refractivity contribution in [2.75, 3.05) is 13.1 Å². The summed E-state index contributed by atoms with van der Waals surface area (Å²) in [5, 5.41) is 10.5. The molecular weight excluding hydrogens is 354 g/mol. The predicted octanol–water partition coefficient (Wildman–Crippen LogP) is 0.524. The molecule has 0 saturated carbocycles. The molecule has 1 aromatic carbocycles. The van der Waals surface area contributed by atoms with E-state index in [9.17, 15) is 19.5 Å². The van der Waals surface area contributed by atoms with Crippen molar-refractivity contribution in [1.82, 2.24) is 4.90 Å². The quantitative estimate of drug-likeness (QED) is 0.599. The molecule has 0 spiro atoms. The van der Waals surface area contributed by atoms with Crippen LogP contribution in [0.2, 0.25) is 0 Å². The summed E-state index contributed by atoms with van der Waals surface area (Å²) in [5.41, 5.74) is 0.330. The number of rotatable bonds is 4. The van der Waals surface area contributed by atoms with E-state index in [0.29, 0.717) is 18.5 Å². The molecule has 5 atom stereocenters. The molecule has 2 saturated heterocycles. The monoisotopic (exact) mass is 377 g/mol. The van der Waals surface area contributed by atoms with Crippen molar-refractivity contribution in [3.63, 3.8) is 0 Å². The Morgan fingerprint density at radius 2 is 1.67 bits per heavy atom. The largest absolute Gasteiger partial charge is 0.461 e. The maximum absolute atomic E-state index is 12.5. The van der Waals surface area contributed by atoms with E-state index in [1.807, 2.05) is 4.90 Å². The van der Waals surface area contributed by atoms with Crippen LogP contribution in [0.15, 0.2) is 30.3 Å². The normalized spacial score (nSPS) is 30.3. The van der Waals surface area contributed by atoms with Gasteiger partial charge in [0.25, 0.3) is 0 Å². The fraction of sp³-hybridized carbons (Fsp3) is 0.526. The SMILES string of the molecule is CC(=O)O[C@H]1CCN2C[C@H](O)[C@@H](OC(=O)c3ccccc3)[C@H](OC(C)=O)C12. The Hall–Kier alpha value is -2.45. The Kier molecular flexibility index (Phi) is 5.76. The number of hydrogen-bond donors (Lipinski definition) is 1. The number of aliphatic hydroxyl groups is 1. The van der Waals surface area contributed by atoms with Gasteiger partial charge in [0.05, 0.1) is 11.6 Å². The lowest BCUT2D eigenvalue weighted by Crippen LogP contribution is -2.64. The van der Waals surface area contributed by atoms with E-state index in [1.165, 1.54) is 13.8 Å². The van der Waals surface area contributed by atoms with Crippen LogP contribution in [-0.4, -0.2) is 71.5 Å². The van der Waals surface area contributed by atoms with E-state index in [0.717, 1.165) is 0 Å². The molecule has 146 valence electrons. The average molecular weight is 377 g/mol. The third-order valence-electron chi connectivity index (χ3n) is 4.84. The summed E-state index contributed by atoms with van der Waals surface area (Å²) in [7, 11) is 0. The van der Waals surface area contributed by atoms with Gasteiger partial charge in [-0.3, -0.25) is 14.5 Å². The third-order valence-corrected chi connectivity index (χ3v) is 4.84. The second-order valence-electron chi connectivity index (χ2n) is 6.80. The Bertz CT molecular complexity index is 707. The van der Waals surface area contributed by atoms with Gasteiger partial charge in [0.1, 0.15) is 12.2 Å². The third kappa shape index (κ3) is 4.28. The molecule has 0 aromatic heterocycles. The lowest BCUT2D eigenvalue weighted by Gasteiger charge is -2.44. The number of esters is 3. The van der Waals surface area contributed by atoms with Gasteiger partial charge in [-0.15, -0.1) is 0 Å². The molecule has 0 aliphatic carbocycles. The van der Waals surface area contributed by atoms with E-state index in [2.05, 4.69) is 0 Å². The zero-order chi connectivity index (χ0) is 19.6. The molecule has 1 unspecified atom stereocenters. The second-order valence-corrected chi connectivity index (χ2v) is 6.80. The number of hydrogen-bond acceptors (Lipinski definition) is 8. The second kappa shape index (κ2) is 8.06. The Morgan fingerprint density at radius 1 is 1.00 bits per heavy atom. The molecule has 0 bridgehead atoms. The molecular formula is C19H23NO7. The highest BCUT2D eigenvalue weighted by Crippen LogP contribution is 2.33. The zero-order valence-electron chi connectivity index (χ0n) is 15.2. The van der Waals surface area contributed by atoms with Crippen LogP contribution in [0.1, 0.15) is 30.6 Å². The fourth-order valence-corrected chi connectivity index (χ4v) is 3.82. The summed E-state index contributed by atoms with van der Waals surface area (Å²) in [4.78, 5) is 37.5. The van der Waals surface area contributed by atoms with E-state index < -0.39 is 48.4 Å². The van der Waals surface area contributed by atoms with Gasteiger partial charge < -0.3 is 19.3 Å². The Morgan fingerprint density at radius 3 is 2.30 bits per heavy atom. The first-order valence-corrected chi connectivity index (χ1v) is 8.89. The standard InChI is InChI=1S/C19H23NO7/c1-11(21)25-15-8-9-20-10-14(23)17(18(16(15)20)26-12(2)22)27-19(24)13-6-4-3-5-7-13/h3-7,14-18,23H,8-10H2,1-2H3/t14-,15-,16?,17+,18+/m0/s1. The smallest absolute Gasteiger partial charge is 0.338 e. The van der Waals surface area contributed by atoms with E-state index >= 15 is 0 Å². The number of carbonyl (C=O) groups excluding carboxylic acids is 3. The van der Waals surface area contributed by atoms with E-state index in [-0.39, 0.29) is 6.54 Å². The van der Waals surface area contributed by atoms with Crippen LogP contribution in [0.5, 0.6) is 0 Å². The van der Waals surface area contributed by atoms with Crippen LogP contribution in [0.3, 0.4) is 0 Å². The number of nitrogens with zero attached hydrogens (tertiary/aromatic N) is 1. The minimum absolute atomic E-state index is 0.229. The van der Waals surface area contributed by atoms with Crippen LogP contribution in [-0.2, 0) is 23.8 Å². The number of benzene rings is 1. The molecule has 27 heavy (non-hydrogen) atoms. The van der Waals surface area contributed by atoms with Crippen molar-refractivity contribution >= 4 is 17.9 Å². The molecule has 2 aliphatic rings. The molecule has 8 heteroatoms. The molecule has 1 N–H and O–H groups in total. The topological polar surface area (TPSA) is 102 Å². The van der Waals surface area contributed by atoms with Gasteiger partial charge in [-0.25, -0.2) is 4.79 Å². The van der Waals surface area contributed by atoms with Gasteiger partial charge >= 0.3 is 17.9 Å². The van der Waals surface area contributed by atoms with Gasteiger partial charge in [-0.1, -0.05) is 18.2 Å². The molecule has 2 heterocycles. The van der Waals surface area contributed by atoms with E-state index in [4.69, 9.17) is 14.2 Å². The lowest BCUT2D eigenvalue weighted by atomic mass is 9.92.